The smallest absolute Gasteiger partial charge is 0.319 e. The zero-order valence-corrected chi connectivity index (χ0v) is 46.2. The number of likely N-dealkylation sites (tertiary alicyclic amines) is 1. The number of aliphatic hydroxyl groups excluding tert-OH is 1. The number of benzene rings is 5. The second-order valence-corrected chi connectivity index (χ2v) is 22.2. The summed E-state index contributed by atoms with van der Waals surface area (Å²) in [5.41, 5.74) is 10.0. The lowest BCUT2D eigenvalue weighted by Crippen LogP contribution is -2.44. The highest BCUT2D eigenvalue weighted by Crippen LogP contribution is 2.53. The Hall–Kier alpha value is -7.80. The summed E-state index contributed by atoms with van der Waals surface area (Å²) in [5, 5.41) is 33.4. The van der Waals surface area contributed by atoms with Gasteiger partial charge in [-0.15, -0.1) is 5.10 Å². The van der Waals surface area contributed by atoms with Gasteiger partial charge in [0.15, 0.2) is 5.75 Å². The van der Waals surface area contributed by atoms with Gasteiger partial charge < -0.3 is 39.8 Å². The van der Waals surface area contributed by atoms with Gasteiger partial charge in [0.2, 0.25) is 12.3 Å². The summed E-state index contributed by atoms with van der Waals surface area (Å²) in [7, 11) is 1.65. The first-order chi connectivity index (χ1) is 38.9. The quantitative estimate of drug-likeness (QED) is 0.0559. The van der Waals surface area contributed by atoms with Crippen LogP contribution in [0.25, 0.3) is 55.3 Å². The van der Waals surface area contributed by atoms with Crippen LogP contribution in [0.1, 0.15) is 100 Å². The van der Waals surface area contributed by atoms with Crippen molar-refractivity contribution in [2.75, 3.05) is 44.9 Å². The fourth-order valence-electron chi connectivity index (χ4n) is 11.7. The van der Waals surface area contributed by atoms with Crippen LogP contribution in [-0.4, -0.2) is 122 Å². The van der Waals surface area contributed by atoms with E-state index in [4.69, 9.17) is 24.2 Å². The molecular formula is C62H70FN11O6. The third-order valence-corrected chi connectivity index (χ3v) is 16.3. The molecule has 3 aliphatic heterocycles. The van der Waals surface area contributed by atoms with Crippen molar-refractivity contribution in [3.05, 3.63) is 131 Å². The van der Waals surface area contributed by atoms with E-state index < -0.39 is 6.04 Å². The number of H-pyrrole nitrogens is 1. The van der Waals surface area contributed by atoms with Gasteiger partial charge >= 0.3 is 6.01 Å². The molecule has 80 heavy (non-hydrogen) atoms. The van der Waals surface area contributed by atoms with Gasteiger partial charge in [-0.25, -0.2) is 9.07 Å². The summed E-state index contributed by atoms with van der Waals surface area (Å²) < 4.78 is 36.5. The van der Waals surface area contributed by atoms with Crippen molar-refractivity contribution < 1.29 is 33.3 Å². The summed E-state index contributed by atoms with van der Waals surface area (Å²) in [6.45, 7) is 12.8. The van der Waals surface area contributed by atoms with E-state index in [-0.39, 0.29) is 67.6 Å². The lowest BCUT2D eigenvalue weighted by Gasteiger charge is -2.30. The minimum Gasteiger partial charge on any atom is -0.486 e. The number of aromatic amines is 1. The monoisotopic (exact) mass is 1080 g/mol. The predicted octanol–water partition coefficient (Wildman–Crippen LogP) is 9.64. The van der Waals surface area contributed by atoms with Gasteiger partial charge in [-0.05, 0) is 110 Å². The van der Waals surface area contributed by atoms with Crippen molar-refractivity contribution in [2.45, 2.75) is 116 Å². The Morgan fingerprint density at radius 3 is 2.36 bits per heavy atom. The molecular weight excluding hydrogens is 1010 g/mol. The number of carbonyl (C=O) groups is 2. The number of nitrogens with one attached hydrogen (secondary N) is 3. The molecule has 4 N–H and O–H groups in total. The second kappa shape index (κ2) is 23.5. The number of carbonyl (C=O) groups excluding carboxylic acids is 2. The third-order valence-electron chi connectivity index (χ3n) is 16.3. The molecule has 1 saturated carbocycles. The standard InChI is InChI=1S/C47H55FN10O4.C15H15NO2/c1-25(2)43(46(59)56-15-7-8-26(56)3)58-22-39(54-55-58)31-11-9-29(10-12-31)24-61-44-41(40-28(5)37(48)18-38-36(40)20-50-53-38)34(30-13-14-30)17-35-42(44)51-47(62-23-27(4)60-6)52-45(35)57-21-32-16-33(57)19-49-32;17-10-15(16-11-18)14-8-6-13(7-9-14)12-4-2-1-3-5-12/h9-12,17-18,20,22,25-27,30,32-33,43,49H,7-8,13-16,19,21,23-24H2,1-6H3,(H,50,53);1-9,11,15,17H,10H2,(H,16,18)/t26?,27-,32?,33?,43?;/m0./s1. The van der Waals surface area contributed by atoms with Crippen LogP contribution < -0.4 is 25.0 Å². The van der Waals surface area contributed by atoms with E-state index in [1.807, 2.05) is 104 Å². The van der Waals surface area contributed by atoms with E-state index >= 15 is 4.39 Å². The van der Waals surface area contributed by atoms with Crippen LogP contribution in [0, 0.1) is 18.7 Å². The molecule has 3 aromatic heterocycles. The molecule has 18 heteroatoms. The molecule has 416 valence electrons. The Bertz CT molecular complexity index is 3480. The van der Waals surface area contributed by atoms with Gasteiger partial charge in [-0.3, -0.25) is 14.7 Å². The highest BCUT2D eigenvalue weighted by Gasteiger charge is 2.41. The molecule has 0 radical (unpaired) electrons. The van der Waals surface area contributed by atoms with E-state index in [9.17, 15) is 14.7 Å². The lowest BCUT2D eigenvalue weighted by atomic mass is 9.88. The molecule has 4 fully saturated rings. The number of amides is 2. The van der Waals surface area contributed by atoms with E-state index in [0.717, 1.165) is 113 Å². The number of piperazine rings is 1. The topological polar surface area (TPSA) is 198 Å². The number of ether oxygens (including phenoxy) is 3. The average Bonchev–Trinajstić information content (AvgIpc) is 4.20. The van der Waals surface area contributed by atoms with Crippen LogP contribution in [0.5, 0.6) is 11.8 Å². The predicted molar refractivity (Wildman–Crippen MR) is 306 cm³/mol. The molecule has 8 aromatic rings. The maximum atomic E-state index is 15.9. The normalized spacial score (nSPS) is 18.8. The van der Waals surface area contributed by atoms with Crippen molar-refractivity contribution in [1.82, 2.24) is 50.7 Å². The van der Waals surface area contributed by atoms with Crippen LogP contribution in [0.15, 0.2) is 103 Å². The number of rotatable bonds is 19. The van der Waals surface area contributed by atoms with Gasteiger partial charge in [0.1, 0.15) is 42.1 Å². The summed E-state index contributed by atoms with van der Waals surface area (Å²) in [5.74, 6) is 1.46. The zero-order chi connectivity index (χ0) is 55.6. The summed E-state index contributed by atoms with van der Waals surface area (Å²) in [6, 6.07) is 30.0. The van der Waals surface area contributed by atoms with Crippen molar-refractivity contribution in [3.8, 4) is 45.3 Å². The molecule has 5 aromatic carbocycles. The molecule has 0 spiro atoms. The molecule has 17 nitrogen and oxygen atoms in total. The molecule has 2 bridgehead atoms. The Kier molecular flexibility index (Phi) is 15.9. The van der Waals surface area contributed by atoms with Gasteiger partial charge in [-0.1, -0.05) is 97.9 Å². The number of methoxy groups -OCH3 is 1. The first kappa shape index (κ1) is 54.2. The van der Waals surface area contributed by atoms with E-state index in [2.05, 4.69) is 62.9 Å². The lowest BCUT2D eigenvalue weighted by molar-refractivity contribution is -0.137. The Morgan fingerprint density at radius 1 is 0.938 bits per heavy atom. The third kappa shape index (κ3) is 11.1. The van der Waals surface area contributed by atoms with Crippen molar-refractivity contribution >= 4 is 39.9 Å². The Morgan fingerprint density at radius 2 is 1.70 bits per heavy atom. The van der Waals surface area contributed by atoms with Gasteiger partial charge in [0.05, 0.1) is 36.7 Å². The molecule has 2 amide bonds. The fraction of sp³-hybridized carbons (Fsp3) is 0.403. The SMILES string of the molecule is CO[C@@H](C)COc1nc(N2CC3CC2CN3)c2cc(C3CC3)c(-c3c(C)c(F)cc4[nH]ncc34)c(OCc3ccc(-c4cn(C(C(=O)N5CCCC5C)C(C)C)nn4)cc3)c2n1.O=CNC(CO)c1ccc(-c2ccccc2)cc1. The average molecular weight is 1080 g/mol. The zero-order valence-electron chi connectivity index (χ0n) is 46.2. The number of anilines is 1. The van der Waals surface area contributed by atoms with Crippen LogP contribution >= 0.6 is 0 Å². The van der Waals surface area contributed by atoms with Crippen molar-refractivity contribution in [1.29, 1.82) is 0 Å². The van der Waals surface area contributed by atoms with E-state index in [1.54, 1.807) is 18.0 Å². The molecule has 6 heterocycles. The largest absolute Gasteiger partial charge is 0.486 e. The first-order valence-corrected chi connectivity index (χ1v) is 28.0. The molecule has 5 unspecified atom stereocenters. The molecule has 6 atom stereocenters. The van der Waals surface area contributed by atoms with Gasteiger partial charge in [0.25, 0.3) is 0 Å². The maximum absolute atomic E-state index is 15.9. The number of fused-ring (bicyclic) bond motifs is 4. The van der Waals surface area contributed by atoms with Crippen molar-refractivity contribution in [2.24, 2.45) is 5.92 Å². The van der Waals surface area contributed by atoms with Crippen LogP contribution in [0.4, 0.5) is 10.2 Å². The first-order valence-electron chi connectivity index (χ1n) is 28.0. The second-order valence-electron chi connectivity index (χ2n) is 22.2. The van der Waals surface area contributed by atoms with Crippen molar-refractivity contribution in [3.63, 3.8) is 0 Å². The highest BCUT2D eigenvalue weighted by atomic mass is 19.1. The number of halogens is 1. The number of aliphatic hydroxyl groups is 1. The summed E-state index contributed by atoms with van der Waals surface area (Å²) in [4.78, 5) is 38.7. The Balaban J connectivity index is 0.000000319. The minimum absolute atomic E-state index is 0.0462. The van der Waals surface area contributed by atoms with E-state index in [1.165, 1.54) is 6.07 Å². The number of aromatic nitrogens is 7. The fourth-order valence-corrected chi connectivity index (χ4v) is 11.7. The number of hydrogen-bond acceptors (Lipinski definition) is 13. The summed E-state index contributed by atoms with van der Waals surface area (Å²) >= 11 is 0. The maximum Gasteiger partial charge on any atom is 0.319 e. The van der Waals surface area contributed by atoms with Gasteiger partial charge in [0, 0.05) is 72.3 Å². The number of hydrogen-bond donors (Lipinski definition) is 4. The van der Waals surface area contributed by atoms with E-state index in [0.29, 0.717) is 46.5 Å². The minimum atomic E-state index is -0.430. The molecule has 3 saturated heterocycles. The molecule has 12 rings (SSSR count). The number of nitrogens with zero attached hydrogens (tertiary/aromatic N) is 8. The van der Waals surface area contributed by atoms with Gasteiger partial charge in [-0.2, -0.15) is 15.1 Å². The van der Waals surface area contributed by atoms with Crippen LogP contribution in [-0.2, 0) is 20.9 Å². The molecule has 1 aliphatic carbocycles. The highest BCUT2D eigenvalue weighted by molar-refractivity contribution is 6.06. The molecule has 4 aliphatic rings. The Labute approximate surface area is 465 Å². The summed E-state index contributed by atoms with van der Waals surface area (Å²) in [6.07, 6.45) is 9.18. The van der Waals surface area contributed by atoms with Crippen LogP contribution in [0.3, 0.4) is 0 Å². The van der Waals surface area contributed by atoms with Crippen LogP contribution in [0.2, 0.25) is 0 Å².